The molecule has 0 aromatic carbocycles. The predicted molar refractivity (Wildman–Crippen MR) is 80.2 cm³/mol. The molecule has 0 bridgehead atoms. The first-order valence-electron chi connectivity index (χ1n) is 6.86. The van der Waals surface area contributed by atoms with Gasteiger partial charge in [-0.1, -0.05) is 0 Å². The summed E-state index contributed by atoms with van der Waals surface area (Å²) in [5, 5.41) is 11.0. The number of nitrogens with one attached hydrogen (secondary N) is 2. The van der Waals surface area contributed by atoms with Gasteiger partial charge in [0.15, 0.2) is 5.65 Å². The number of hydrogen-bond donors (Lipinski definition) is 2. The zero-order valence-electron chi connectivity index (χ0n) is 12.4. The maximum absolute atomic E-state index is 4.63. The maximum atomic E-state index is 4.63. The number of likely N-dealkylation sites (N-methyl/N-ethyl adjacent to an activating group) is 1. The molecule has 3 heterocycles. The van der Waals surface area contributed by atoms with Crippen LogP contribution in [0.3, 0.4) is 0 Å². The van der Waals surface area contributed by atoms with Crippen molar-refractivity contribution in [2.75, 3.05) is 43.9 Å². The molecule has 0 atom stereocenters. The summed E-state index contributed by atoms with van der Waals surface area (Å²) in [5.74, 6) is 1.57. The zero-order valence-corrected chi connectivity index (χ0v) is 12.4. The van der Waals surface area contributed by atoms with Gasteiger partial charge in [0.1, 0.15) is 5.82 Å². The van der Waals surface area contributed by atoms with E-state index >= 15 is 0 Å². The van der Waals surface area contributed by atoms with Gasteiger partial charge in [-0.25, -0.2) is 0 Å². The van der Waals surface area contributed by atoms with E-state index in [1.165, 1.54) is 0 Å². The molecule has 1 fully saturated rings. The van der Waals surface area contributed by atoms with E-state index in [0.29, 0.717) is 5.95 Å². The fraction of sp³-hybridized carbons (Fsp3) is 0.615. The molecule has 0 saturated carbocycles. The fourth-order valence-electron chi connectivity index (χ4n) is 2.59. The van der Waals surface area contributed by atoms with Gasteiger partial charge in [0, 0.05) is 32.2 Å². The molecule has 1 aliphatic heterocycles. The SMILES string of the molecule is CNc1nc(N2CCN(C)C(C)(C)C2)c2cn[nH]c2n1. The van der Waals surface area contributed by atoms with Gasteiger partial charge in [-0.2, -0.15) is 15.1 Å². The summed E-state index contributed by atoms with van der Waals surface area (Å²) in [5.41, 5.74) is 0.898. The number of hydrogen-bond acceptors (Lipinski definition) is 6. The Hall–Kier alpha value is -1.89. The summed E-state index contributed by atoms with van der Waals surface area (Å²) in [7, 11) is 4.00. The van der Waals surface area contributed by atoms with Crippen molar-refractivity contribution >= 4 is 22.8 Å². The van der Waals surface area contributed by atoms with Crippen LogP contribution < -0.4 is 10.2 Å². The number of aromatic nitrogens is 4. The number of aromatic amines is 1. The van der Waals surface area contributed by atoms with Crippen LogP contribution in [0.5, 0.6) is 0 Å². The number of fused-ring (bicyclic) bond motifs is 1. The van der Waals surface area contributed by atoms with E-state index in [9.17, 15) is 0 Å². The molecule has 108 valence electrons. The van der Waals surface area contributed by atoms with Crippen molar-refractivity contribution in [1.82, 2.24) is 25.1 Å². The average molecular weight is 275 g/mol. The van der Waals surface area contributed by atoms with E-state index in [2.05, 4.69) is 56.2 Å². The van der Waals surface area contributed by atoms with Crippen LogP contribution in [0.25, 0.3) is 11.0 Å². The highest BCUT2D eigenvalue weighted by molar-refractivity contribution is 5.87. The molecule has 0 spiro atoms. The van der Waals surface area contributed by atoms with E-state index in [1.54, 1.807) is 6.20 Å². The van der Waals surface area contributed by atoms with Gasteiger partial charge in [0.05, 0.1) is 11.6 Å². The van der Waals surface area contributed by atoms with Crippen LogP contribution in [-0.2, 0) is 0 Å². The molecule has 0 radical (unpaired) electrons. The minimum atomic E-state index is 0.124. The molecule has 20 heavy (non-hydrogen) atoms. The molecule has 2 aromatic rings. The smallest absolute Gasteiger partial charge is 0.226 e. The van der Waals surface area contributed by atoms with Gasteiger partial charge >= 0.3 is 0 Å². The quantitative estimate of drug-likeness (QED) is 0.849. The number of anilines is 2. The van der Waals surface area contributed by atoms with Crippen molar-refractivity contribution in [3.8, 4) is 0 Å². The third-order valence-corrected chi connectivity index (χ3v) is 4.13. The average Bonchev–Trinajstić information content (AvgIpc) is 2.88. The van der Waals surface area contributed by atoms with E-state index in [4.69, 9.17) is 0 Å². The predicted octanol–water partition coefficient (Wildman–Crippen LogP) is 0.925. The zero-order chi connectivity index (χ0) is 14.3. The maximum Gasteiger partial charge on any atom is 0.226 e. The monoisotopic (exact) mass is 275 g/mol. The molecule has 2 N–H and O–H groups in total. The highest BCUT2D eigenvalue weighted by atomic mass is 15.3. The number of nitrogens with zero attached hydrogens (tertiary/aromatic N) is 5. The Kier molecular flexibility index (Phi) is 3.01. The molecule has 7 nitrogen and oxygen atoms in total. The summed E-state index contributed by atoms with van der Waals surface area (Å²) >= 11 is 0. The highest BCUT2D eigenvalue weighted by Crippen LogP contribution is 2.28. The number of H-pyrrole nitrogens is 1. The van der Waals surface area contributed by atoms with Gasteiger partial charge in [-0.3, -0.25) is 10.00 Å². The van der Waals surface area contributed by atoms with Crippen LogP contribution in [0.15, 0.2) is 6.20 Å². The largest absolute Gasteiger partial charge is 0.357 e. The minimum absolute atomic E-state index is 0.124. The third kappa shape index (κ3) is 2.07. The number of rotatable bonds is 2. The van der Waals surface area contributed by atoms with Gasteiger partial charge in [0.2, 0.25) is 5.95 Å². The van der Waals surface area contributed by atoms with Crippen molar-refractivity contribution < 1.29 is 0 Å². The lowest BCUT2D eigenvalue weighted by atomic mass is 9.99. The van der Waals surface area contributed by atoms with Gasteiger partial charge < -0.3 is 10.2 Å². The van der Waals surface area contributed by atoms with Crippen molar-refractivity contribution in [3.63, 3.8) is 0 Å². The first-order valence-corrected chi connectivity index (χ1v) is 6.86. The molecule has 0 unspecified atom stereocenters. The van der Waals surface area contributed by atoms with Crippen LogP contribution in [0.4, 0.5) is 11.8 Å². The van der Waals surface area contributed by atoms with Crippen molar-refractivity contribution in [2.24, 2.45) is 0 Å². The first-order chi connectivity index (χ1) is 9.51. The summed E-state index contributed by atoms with van der Waals surface area (Å²) in [6, 6.07) is 0. The second kappa shape index (κ2) is 4.59. The van der Waals surface area contributed by atoms with E-state index in [1.807, 2.05) is 7.05 Å². The topological polar surface area (TPSA) is 73.0 Å². The van der Waals surface area contributed by atoms with Crippen molar-refractivity contribution in [3.05, 3.63) is 6.20 Å². The summed E-state index contributed by atoms with van der Waals surface area (Å²) in [4.78, 5) is 13.7. The summed E-state index contributed by atoms with van der Waals surface area (Å²) < 4.78 is 0. The van der Waals surface area contributed by atoms with Crippen LogP contribution in [0.2, 0.25) is 0 Å². The molecular formula is C13H21N7. The Bertz CT molecular complexity index is 618. The lowest BCUT2D eigenvalue weighted by Crippen LogP contribution is -2.58. The van der Waals surface area contributed by atoms with E-state index in [-0.39, 0.29) is 5.54 Å². The lowest BCUT2D eigenvalue weighted by Gasteiger charge is -2.45. The molecule has 3 rings (SSSR count). The first kappa shape index (κ1) is 13.1. The summed E-state index contributed by atoms with van der Waals surface area (Å²) in [6.07, 6.45) is 1.80. The normalized spacial score (nSPS) is 19.5. The van der Waals surface area contributed by atoms with Gasteiger partial charge in [0.25, 0.3) is 0 Å². The van der Waals surface area contributed by atoms with Gasteiger partial charge in [-0.15, -0.1) is 0 Å². The second-order valence-electron chi connectivity index (χ2n) is 5.91. The Labute approximate surface area is 118 Å². The standard InChI is InChI=1S/C13H21N7/c1-13(2)8-20(6-5-19(13)4)11-9-7-15-18-10(9)16-12(14-3)17-11/h7H,5-6,8H2,1-4H3,(H2,14,15,16,17,18). The Morgan fingerprint density at radius 3 is 2.80 bits per heavy atom. The molecule has 1 aliphatic rings. The van der Waals surface area contributed by atoms with E-state index in [0.717, 1.165) is 36.5 Å². The fourth-order valence-corrected chi connectivity index (χ4v) is 2.59. The van der Waals surface area contributed by atoms with Crippen LogP contribution >= 0.6 is 0 Å². The molecule has 2 aromatic heterocycles. The Morgan fingerprint density at radius 1 is 1.30 bits per heavy atom. The molecule has 0 aliphatic carbocycles. The van der Waals surface area contributed by atoms with Crippen molar-refractivity contribution in [2.45, 2.75) is 19.4 Å². The molecule has 1 saturated heterocycles. The summed E-state index contributed by atoms with van der Waals surface area (Å²) in [6.45, 7) is 7.42. The Balaban J connectivity index is 2.03. The number of piperazine rings is 1. The lowest BCUT2D eigenvalue weighted by molar-refractivity contribution is 0.138. The van der Waals surface area contributed by atoms with Crippen LogP contribution in [-0.4, -0.2) is 64.3 Å². The third-order valence-electron chi connectivity index (χ3n) is 4.13. The second-order valence-corrected chi connectivity index (χ2v) is 5.91. The molecule has 0 amide bonds. The van der Waals surface area contributed by atoms with Crippen LogP contribution in [0, 0.1) is 0 Å². The van der Waals surface area contributed by atoms with Crippen molar-refractivity contribution in [1.29, 1.82) is 0 Å². The Morgan fingerprint density at radius 2 is 2.10 bits per heavy atom. The van der Waals surface area contributed by atoms with Crippen LogP contribution in [0.1, 0.15) is 13.8 Å². The van der Waals surface area contributed by atoms with E-state index < -0.39 is 0 Å². The van der Waals surface area contributed by atoms with Gasteiger partial charge in [-0.05, 0) is 20.9 Å². The minimum Gasteiger partial charge on any atom is -0.357 e. The molecule has 7 heteroatoms. The highest BCUT2D eigenvalue weighted by Gasteiger charge is 2.32. The molecular weight excluding hydrogens is 254 g/mol.